The predicted octanol–water partition coefficient (Wildman–Crippen LogP) is 14.9. The lowest BCUT2D eigenvalue weighted by Crippen LogP contribution is -2.40. The standard InChI is InChI=1S/C58H49N/c1-55(2)46-21-11-8-19-41(46)44-33-36(29-32-47(44)55)59(37-27-30-42-39-17-7-10-20-45(39)56(3,4)53(42)34-37)38-28-31-43-40-18-9-12-22-48(40)58(54(43)35-38)51-25-15-13-23-49(51)57(5,6)50-24-14-16-26-52(50)58/h7,9-18,20-35H,8,19H2,1-6H3. The number of benzene rings is 7. The normalized spacial score (nSPS) is 18.3. The highest BCUT2D eigenvalue weighted by Gasteiger charge is 2.53. The van der Waals surface area contributed by atoms with Crippen LogP contribution in [0.4, 0.5) is 17.1 Å². The molecule has 1 spiro atoms. The van der Waals surface area contributed by atoms with Gasteiger partial charge in [-0.2, -0.15) is 0 Å². The molecule has 1 nitrogen and oxygen atoms in total. The summed E-state index contributed by atoms with van der Waals surface area (Å²) in [6.45, 7) is 14.4. The van der Waals surface area contributed by atoms with Gasteiger partial charge in [0.25, 0.3) is 0 Å². The minimum atomic E-state index is -0.464. The van der Waals surface area contributed by atoms with Gasteiger partial charge in [-0.1, -0.05) is 169 Å². The average molecular weight is 760 g/mol. The summed E-state index contributed by atoms with van der Waals surface area (Å²) in [6, 6.07) is 58.7. The summed E-state index contributed by atoms with van der Waals surface area (Å²) in [4.78, 5) is 2.56. The monoisotopic (exact) mass is 759 g/mol. The molecule has 0 unspecified atom stereocenters. The van der Waals surface area contributed by atoms with Crippen molar-refractivity contribution in [3.8, 4) is 22.3 Å². The molecule has 1 heteroatoms. The number of anilines is 3. The lowest BCUT2D eigenvalue weighted by atomic mass is 9.55. The molecule has 7 aromatic carbocycles. The number of hydrogen-bond donors (Lipinski definition) is 0. The summed E-state index contributed by atoms with van der Waals surface area (Å²) < 4.78 is 0. The Balaban J connectivity index is 1.14. The van der Waals surface area contributed by atoms with E-state index in [1.807, 2.05) is 0 Å². The van der Waals surface area contributed by atoms with Crippen LogP contribution in [0.2, 0.25) is 0 Å². The van der Waals surface area contributed by atoms with E-state index in [0.29, 0.717) is 0 Å². The van der Waals surface area contributed by atoms with Crippen molar-refractivity contribution < 1.29 is 0 Å². The third-order valence-electron chi connectivity index (χ3n) is 15.2. The van der Waals surface area contributed by atoms with Gasteiger partial charge in [-0.15, -0.1) is 0 Å². The maximum Gasteiger partial charge on any atom is 0.0720 e. The molecule has 0 saturated carbocycles. The number of fused-ring (bicyclic) bond motifs is 14. The van der Waals surface area contributed by atoms with Gasteiger partial charge in [-0.3, -0.25) is 0 Å². The zero-order valence-corrected chi connectivity index (χ0v) is 34.9. The molecule has 286 valence electrons. The van der Waals surface area contributed by atoms with Crippen LogP contribution in [0.1, 0.15) is 110 Å². The Hall–Kier alpha value is -6.18. The average Bonchev–Trinajstić information content (AvgIpc) is 3.78. The molecule has 0 saturated heterocycles. The second-order valence-corrected chi connectivity index (χ2v) is 19.2. The van der Waals surface area contributed by atoms with Gasteiger partial charge >= 0.3 is 0 Å². The van der Waals surface area contributed by atoms with Gasteiger partial charge in [-0.05, 0) is 138 Å². The lowest BCUT2D eigenvalue weighted by Gasteiger charge is -2.46. The Morgan fingerprint density at radius 2 is 0.831 bits per heavy atom. The molecule has 59 heavy (non-hydrogen) atoms. The van der Waals surface area contributed by atoms with Gasteiger partial charge in [0, 0.05) is 33.3 Å². The second-order valence-electron chi connectivity index (χ2n) is 19.2. The SMILES string of the molecule is CC1(C)C2=C(CCC=C2)c2cc(N(c3ccc4c(c3)C(C)(C)c3ccccc3-4)c3ccc4c(c3)C3(c5ccccc5-4)c4ccccc4C(C)(C)c4ccccc43)ccc21. The fourth-order valence-electron chi connectivity index (χ4n) is 12.4. The van der Waals surface area contributed by atoms with E-state index >= 15 is 0 Å². The van der Waals surface area contributed by atoms with E-state index in [9.17, 15) is 0 Å². The summed E-state index contributed by atoms with van der Waals surface area (Å²) in [5.74, 6) is 0. The second kappa shape index (κ2) is 11.7. The molecule has 0 fully saturated rings. The van der Waals surface area contributed by atoms with E-state index in [0.717, 1.165) is 12.8 Å². The van der Waals surface area contributed by atoms with Crippen LogP contribution in [0.3, 0.4) is 0 Å². The Kier molecular flexibility index (Phi) is 6.92. The van der Waals surface area contributed by atoms with Crippen LogP contribution in [0.5, 0.6) is 0 Å². The maximum atomic E-state index is 2.56. The van der Waals surface area contributed by atoms with Gasteiger partial charge in [0.1, 0.15) is 0 Å². The minimum absolute atomic E-state index is 0.0183. The topological polar surface area (TPSA) is 3.24 Å². The van der Waals surface area contributed by atoms with Crippen LogP contribution < -0.4 is 4.90 Å². The highest BCUT2D eigenvalue weighted by Crippen LogP contribution is 2.63. The van der Waals surface area contributed by atoms with Crippen molar-refractivity contribution >= 4 is 22.6 Å². The molecule has 0 N–H and O–H groups in total. The first-order chi connectivity index (χ1) is 28.5. The van der Waals surface area contributed by atoms with E-state index in [1.54, 1.807) is 0 Å². The number of nitrogens with zero attached hydrogens (tertiary/aromatic N) is 1. The van der Waals surface area contributed by atoms with Crippen LogP contribution in [-0.2, 0) is 21.7 Å². The highest BCUT2D eigenvalue weighted by atomic mass is 15.1. The Bertz CT molecular complexity index is 2990. The molecule has 0 heterocycles. The van der Waals surface area contributed by atoms with Gasteiger partial charge < -0.3 is 4.90 Å². The smallest absolute Gasteiger partial charge is 0.0720 e. The summed E-state index contributed by atoms with van der Waals surface area (Å²) in [5, 5.41) is 0. The van der Waals surface area contributed by atoms with E-state index in [-0.39, 0.29) is 16.2 Å². The van der Waals surface area contributed by atoms with Crippen molar-refractivity contribution in [1.29, 1.82) is 0 Å². The zero-order chi connectivity index (χ0) is 40.1. The summed E-state index contributed by atoms with van der Waals surface area (Å²) in [6.07, 6.45) is 6.95. The van der Waals surface area contributed by atoms with Gasteiger partial charge in [0.15, 0.2) is 0 Å². The van der Waals surface area contributed by atoms with E-state index < -0.39 is 5.41 Å². The van der Waals surface area contributed by atoms with Crippen molar-refractivity contribution in [2.45, 2.75) is 76.0 Å². The molecule has 7 aromatic rings. The summed E-state index contributed by atoms with van der Waals surface area (Å²) in [7, 11) is 0. The molecule has 12 rings (SSSR count). The molecule has 0 aromatic heterocycles. The van der Waals surface area contributed by atoms with Crippen molar-refractivity contribution in [3.05, 3.63) is 225 Å². The molecule has 5 aliphatic carbocycles. The van der Waals surface area contributed by atoms with Crippen LogP contribution >= 0.6 is 0 Å². The zero-order valence-electron chi connectivity index (χ0n) is 34.9. The van der Waals surface area contributed by atoms with Crippen molar-refractivity contribution in [2.24, 2.45) is 0 Å². The van der Waals surface area contributed by atoms with Crippen molar-refractivity contribution in [2.75, 3.05) is 4.90 Å². The Labute approximate surface area is 349 Å². The third-order valence-corrected chi connectivity index (χ3v) is 15.2. The van der Waals surface area contributed by atoms with Crippen molar-refractivity contribution in [3.63, 3.8) is 0 Å². The fraction of sp³-hybridized carbons (Fsp3) is 0.207. The molecular formula is C58H49N. The molecular weight excluding hydrogens is 711 g/mol. The molecule has 0 atom stereocenters. The van der Waals surface area contributed by atoms with E-state index in [1.165, 1.54) is 106 Å². The van der Waals surface area contributed by atoms with Crippen LogP contribution in [0.15, 0.2) is 169 Å². The van der Waals surface area contributed by atoms with Crippen molar-refractivity contribution in [1.82, 2.24) is 0 Å². The van der Waals surface area contributed by atoms with Crippen LogP contribution in [0.25, 0.3) is 27.8 Å². The fourth-order valence-corrected chi connectivity index (χ4v) is 12.4. The quantitative estimate of drug-likeness (QED) is 0.173. The first-order valence-electron chi connectivity index (χ1n) is 21.6. The first-order valence-corrected chi connectivity index (χ1v) is 21.6. The predicted molar refractivity (Wildman–Crippen MR) is 246 cm³/mol. The summed E-state index contributed by atoms with van der Waals surface area (Å²) in [5.41, 5.74) is 25.1. The maximum absolute atomic E-state index is 2.56. The van der Waals surface area contributed by atoms with E-state index in [4.69, 9.17) is 0 Å². The lowest BCUT2D eigenvalue weighted by molar-refractivity contribution is 0.563. The van der Waals surface area contributed by atoms with Crippen LogP contribution in [0, 0.1) is 0 Å². The molecule has 0 aliphatic heterocycles. The Morgan fingerprint density at radius 3 is 1.49 bits per heavy atom. The van der Waals surface area contributed by atoms with Gasteiger partial charge in [0.05, 0.1) is 5.41 Å². The largest absolute Gasteiger partial charge is 0.310 e. The molecule has 0 amide bonds. The number of rotatable bonds is 3. The molecule has 0 radical (unpaired) electrons. The third kappa shape index (κ3) is 4.36. The summed E-state index contributed by atoms with van der Waals surface area (Å²) >= 11 is 0. The number of hydrogen-bond acceptors (Lipinski definition) is 1. The minimum Gasteiger partial charge on any atom is -0.310 e. The number of allylic oxidation sites excluding steroid dienone is 4. The van der Waals surface area contributed by atoms with Gasteiger partial charge in [-0.25, -0.2) is 0 Å². The molecule has 5 aliphatic rings. The molecule has 0 bridgehead atoms. The van der Waals surface area contributed by atoms with Crippen LogP contribution in [-0.4, -0.2) is 0 Å². The Morgan fingerprint density at radius 1 is 0.373 bits per heavy atom. The van der Waals surface area contributed by atoms with E-state index in [2.05, 4.69) is 210 Å². The van der Waals surface area contributed by atoms with Gasteiger partial charge in [0.2, 0.25) is 0 Å². The first kappa shape index (κ1) is 34.8. The highest BCUT2D eigenvalue weighted by molar-refractivity contribution is 5.93.